The van der Waals surface area contributed by atoms with Crippen LogP contribution in [0.2, 0.25) is 0 Å². The highest BCUT2D eigenvalue weighted by molar-refractivity contribution is 7.96. The number of oxime groups is 1. The fourth-order valence-electron chi connectivity index (χ4n) is 1.79. The molecule has 0 N–H and O–H groups in total. The van der Waals surface area contributed by atoms with Crippen LogP contribution >= 0.6 is 0 Å². The number of rotatable bonds is 5. The highest BCUT2D eigenvalue weighted by atomic mass is 32.2. The van der Waals surface area contributed by atoms with Gasteiger partial charge in [0, 0.05) is 5.56 Å². The van der Waals surface area contributed by atoms with Crippen LogP contribution in [-0.4, -0.2) is 29.9 Å². The van der Waals surface area contributed by atoms with E-state index in [1.54, 1.807) is 24.3 Å². The normalized spacial score (nSPS) is 11.5. The second kappa shape index (κ2) is 7.64. The molecule has 0 saturated carbocycles. The van der Waals surface area contributed by atoms with E-state index in [0.29, 0.717) is 5.56 Å². The molecule has 4 heteroatoms. The van der Waals surface area contributed by atoms with Crippen LogP contribution in [0.4, 0.5) is 0 Å². The van der Waals surface area contributed by atoms with Crippen molar-refractivity contribution in [2.24, 2.45) is 5.16 Å². The highest BCUT2D eigenvalue weighted by Crippen LogP contribution is 2.07. The van der Waals surface area contributed by atoms with Crippen LogP contribution in [0.25, 0.3) is 0 Å². The van der Waals surface area contributed by atoms with E-state index in [9.17, 15) is 4.79 Å². The van der Waals surface area contributed by atoms with Gasteiger partial charge in [-0.15, -0.1) is 0 Å². The Bertz CT molecular complexity index is 609. The second-order valence-electron chi connectivity index (χ2n) is 4.78. The molecule has 0 spiro atoms. The third-order valence-corrected chi connectivity index (χ3v) is 3.63. The van der Waals surface area contributed by atoms with E-state index in [4.69, 9.17) is 4.84 Å². The van der Waals surface area contributed by atoms with Crippen molar-refractivity contribution in [3.05, 3.63) is 71.8 Å². The van der Waals surface area contributed by atoms with Crippen molar-refractivity contribution in [3.63, 3.8) is 0 Å². The fourth-order valence-corrected chi connectivity index (χ4v) is 2.56. The lowest BCUT2D eigenvalue weighted by atomic mass is 10.1. The first-order valence-electron chi connectivity index (χ1n) is 6.59. The molecule has 0 aliphatic carbocycles. The standard InChI is InChI=1S/C17H18NO2S/c1-21(2)13-16(14-9-5-3-6-10-14)18-20-17(19)15-11-7-4-8-12-15/h3-12H,13H2,1-2H3/q+1. The number of nitrogens with zero attached hydrogens (tertiary/aromatic N) is 1. The predicted octanol–water partition coefficient (Wildman–Crippen LogP) is 3.13. The van der Waals surface area contributed by atoms with E-state index in [2.05, 4.69) is 17.7 Å². The van der Waals surface area contributed by atoms with E-state index < -0.39 is 5.97 Å². The van der Waals surface area contributed by atoms with Crippen LogP contribution in [0, 0.1) is 0 Å². The van der Waals surface area contributed by atoms with E-state index in [1.165, 1.54) is 0 Å². The van der Waals surface area contributed by atoms with Gasteiger partial charge in [0.25, 0.3) is 0 Å². The molecule has 0 aliphatic heterocycles. The molecule has 2 aromatic carbocycles. The minimum atomic E-state index is -0.434. The van der Waals surface area contributed by atoms with Crippen LogP contribution in [0.1, 0.15) is 15.9 Å². The van der Waals surface area contributed by atoms with Crippen molar-refractivity contribution < 1.29 is 9.63 Å². The van der Waals surface area contributed by atoms with Crippen LogP contribution in [0.15, 0.2) is 65.8 Å². The van der Waals surface area contributed by atoms with E-state index in [-0.39, 0.29) is 10.9 Å². The summed E-state index contributed by atoms with van der Waals surface area (Å²) in [5.41, 5.74) is 2.29. The van der Waals surface area contributed by atoms with Crippen molar-refractivity contribution in [2.45, 2.75) is 0 Å². The average molecular weight is 300 g/mol. The smallest absolute Gasteiger partial charge is 0.312 e. The number of carbonyl (C=O) groups is 1. The zero-order valence-corrected chi connectivity index (χ0v) is 13.0. The molecule has 0 aromatic heterocycles. The van der Waals surface area contributed by atoms with Crippen molar-refractivity contribution in [1.29, 1.82) is 0 Å². The summed E-state index contributed by atoms with van der Waals surface area (Å²) in [6.45, 7) is 0. The van der Waals surface area contributed by atoms with E-state index >= 15 is 0 Å². The number of benzene rings is 2. The quantitative estimate of drug-likeness (QED) is 0.368. The lowest BCUT2D eigenvalue weighted by Gasteiger charge is -2.04. The number of hydrogen-bond acceptors (Lipinski definition) is 3. The summed E-state index contributed by atoms with van der Waals surface area (Å²) in [6, 6.07) is 18.7. The molecule has 0 bridgehead atoms. The monoisotopic (exact) mass is 300 g/mol. The van der Waals surface area contributed by atoms with Crippen molar-refractivity contribution >= 4 is 22.6 Å². The first-order chi connectivity index (χ1) is 10.2. The van der Waals surface area contributed by atoms with Gasteiger partial charge in [-0.05, 0) is 23.0 Å². The molecule has 3 nitrogen and oxygen atoms in total. The van der Waals surface area contributed by atoms with Crippen molar-refractivity contribution in [1.82, 2.24) is 0 Å². The summed E-state index contributed by atoms with van der Waals surface area (Å²) in [6.07, 6.45) is 4.27. The van der Waals surface area contributed by atoms with Gasteiger partial charge in [-0.3, -0.25) is 0 Å². The lowest BCUT2D eigenvalue weighted by molar-refractivity contribution is 0.0516. The molecule has 0 heterocycles. The number of carbonyl (C=O) groups excluding carboxylic acids is 1. The summed E-state index contributed by atoms with van der Waals surface area (Å²) in [5, 5.41) is 4.08. The Morgan fingerprint density at radius 3 is 2.00 bits per heavy atom. The zero-order chi connectivity index (χ0) is 15.1. The van der Waals surface area contributed by atoms with Gasteiger partial charge in [0.05, 0.1) is 18.1 Å². The molecule has 0 atom stereocenters. The summed E-state index contributed by atoms with van der Waals surface area (Å²) in [5.74, 6) is 0.350. The Labute approximate surface area is 128 Å². The van der Waals surface area contributed by atoms with Crippen LogP contribution in [0.3, 0.4) is 0 Å². The van der Waals surface area contributed by atoms with Gasteiger partial charge in [-0.1, -0.05) is 53.7 Å². The minimum Gasteiger partial charge on any atom is -0.312 e. The maximum absolute atomic E-state index is 11.9. The van der Waals surface area contributed by atoms with Crippen molar-refractivity contribution in [3.8, 4) is 0 Å². The van der Waals surface area contributed by atoms with Gasteiger partial charge < -0.3 is 4.84 Å². The lowest BCUT2D eigenvalue weighted by Crippen LogP contribution is -2.16. The Kier molecular flexibility index (Phi) is 5.58. The Balaban J connectivity index is 2.16. The van der Waals surface area contributed by atoms with Gasteiger partial charge in [0.1, 0.15) is 5.71 Å². The second-order valence-corrected chi connectivity index (χ2v) is 7.04. The molecular formula is C17H18NO2S+. The predicted molar refractivity (Wildman–Crippen MR) is 88.9 cm³/mol. The van der Waals surface area contributed by atoms with Gasteiger partial charge in [0.2, 0.25) is 0 Å². The van der Waals surface area contributed by atoms with E-state index in [1.807, 2.05) is 36.4 Å². The highest BCUT2D eigenvalue weighted by Gasteiger charge is 2.14. The molecule has 0 fully saturated rings. The summed E-state index contributed by atoms with van der Waals surface area (Å²) in [4.78, 5) is 17.0. The van der Waals surface area contributed by atoms with Crippen molar-refractivity contribution in [2.75, 3.05) is 18.3 Å². The first kappa shape index (κ1) is 15.3. The molecule has 0 aliphatic rings. The van der Waals surface area contributed by atoms with E-state index in [0.717, 1.165) is 17.0 Å². The molecule has 0 unspecified atom stereocenters. The third-order valence-electron chi connectivity index (χ3n) is 2.78. The number of hydrogen-bond donors (Lipinski definition) is 0. The summed E-state index contributed by atoms with van der Waals surface area (Å²) in [7, 11) is 0.173. The summed E-state index contributed by atoms with van der Waals surface area (Å²) >= 11 is 0. The topological polar surface area (TPSA) is 38.7 Å². The fraction of sp³-hybridized carbons (Fsp3) is 0.176. The molecule has 0 radical (unpaired) electrons. The molecule has 0 saturated heterocycles. The molecular weight excluding hydrogens is 282 g/mol. The Morgan fingerprint density at radius 2 is 1.48 bits per heavy atom. The first-order valence-corrected chi connectivity index (χ1v) is 8.80. The molecule has 2 aromatic rings. The molecule has 2 rings (SSSR count). The summed E-state index contributed by atoms with van der Waals surface area (Å²) < 4.78 is 0. The van der Waals surface area contributed by atoms with Crippen LogP contribution < -0.4 is 0 Å². The Morgan fingerprint density at radius 1 is 0.952 bits per heavy atom. The maximum Gasteiger partial charge on any atom is 0.365 e. The molecule has 0 amide bonds. The average Bonchev–Trinajstić information content (AvgIpc) is 2.52. The van der Waals surface area contributed by atoms with Crippen LogP contribution in [-0.2, 0) is 15.7 Å². The van der Waals surface area contributed by atoms with Crippen LogP contribution in [0.5, 0.6) is 0 Å². The van der Waals surface area contributed by atoms with Gasteiger partial charge in [-0.25, -0.2) is 4.79 Å². The zero-order valence-electron chi connectivity index (χ0n) is 12.2. The van der Waals surface area contributed by atoms with Gasteiger partial charge >= 0.3 is 5.97 Å². The third kappa shape index (κ3) is 4.76. The Hall–Kier alpha value is -2.07. The van der Waals surface area contributed by atoms with Gasteiger partial charge in [0.15, 0.2) is 5.75 Å². The maximum atomic E-state index is 11.9. The molecule has 21 heavy (non-hydrogen) atoms. The van der Waals surface area contributed by atoms with Gasteiger partial charge in [-0.2, -0.15) is 0 Å². The largest absolute Gasteiger partial charge is 0.365 e. The SMILES string of the molecule is C[S+](C)CC(=NOC(=O)c1ccccc1)c1ccccc1. The minimum absolute atomic E-state index is 0.173. The molecule has 108 valence electrons.